The van der Waals surface area contributed by atoms with Gasteiger partial charge >= 0.3 is 0 Å². The average molecular weight is 258 g/mol. The lowest BCUT2D eigenvalue weighted by Crippen LogP contribution is -2.36. The van der Waals surface area contributed by atoms with Crippen molar-refractivity contribution in [1.82, 2.24) is 25.5 Å². The molecule has 3 N–H and O–H groups in total. The summed E-state index contributed by atoms with van der Waals surface area (Å²) in [6, 6.07) is 0.130. The Balaban J connectivity index is 2.57. The van der Waals surface area contributed by atoms with Crippen LogP contribution in [0.25, 0.3) is 0 Å². The third-order valence-corrected chi connectivity index (χ3v) is 2.99. The Kier molecular flexibility index (Phi) is 5.36. The molecule has 0 fully saturated rings. The molecule has 0 radical (unpaired) electrons. The second kappa shape index (κ2) is 6.55. The number of rotatable bonds is 6. The molecular formula is C9H18N6OS. The predicted molar refractivity (Wildman–Crippen MR) is 65.5 cm³/mol. The first kappa shape index (κ1) is 13.9. The van der Waals surface area contributed by atoms with E-state index in [0.717, 1.165) is 0 Å². The van der Waals surface area contributed by atoms with Crippen LogP contribution in [0.4, 0.5) is 0 Å². The molecule has 1 aromatic rings. The zero-order valence-corrected chi connectivity index (χ0v) is 11.1. The maximum atomic E-state index is 11.7. The maximum absolute atomic E-state index is 11.7. The second-order valence-corrected chi connectivity index (χ2v) is 5.20. The summed E-state index contributed by atoms with van der Waals surface area (Å²) in [5, 5.41) is 14.5. The van der Waals surface area contributed by atoms with E-state index in [9.17, 15) is 4.79 Å². The number of nitrogens with zero attached hydrogens (tertiary/aromatic N) is 4. The van der Waals surface area contributed by atoms with Crippen LogP contribution in [0.5, 0.6) is 0 Å². The van der Waals surface area contributed by atoms with Gasteiger partial charge in [0.2, 0.25) is 11.1 Å². The van der Waals surface area contributed by atoms with Gasteiger partial charge < -0.3 is 11.1 Å². The Morgan fingerprint density at radius 1 is 1.53 bits per heavy atom. The Bertz CT molecular complexity index is 366. The maximum Gasteiger partial charge on any atom is 0.233 e. The fraction of sp³-hybridized carbons (Fsp3) is 0.778. The predicted octanol–water partition coefficient (Wildman–Crippen LogP) is -0.363. The summed E-state index contributed by atoms with van der Waals surface area (Å²) >= 11 is 1.33. The van der Waals surface area contributed by atoms with E-state index in [2.05, 4.69) is 20.8 Å². The van der Waals surface area contributed by atoms with Gasteiger partial charge in [-0.05, 0) is 31.2 Å². The van der Waals surface area contributed by atoms with Crippen LogP contribution in [0, 0.1) is 0 Å². The molecule has 8 heteroatoms. The minimum Gasteiger partial charge on any atom is -0.353 e. The lowest BCUT2D eigenvalue weighted by atomic mass is 10.3. The number of carbonyl (C=O) groups is 1. The zero-order valence-electron chi connectivity index (χ0n) is 10.3. The van der Waals surface area contributed by atoms with Crippen molar-refractivity contribution in [3.05, 3.63) is 0 Å². The number of carbonyl (C=O) groups excluding carboxylic acids is 1. The van der Waals surface area contributed by atoms with E-state index < -0.39 is 0 Å². The van der Waals surface area contributed by atoms with Gasteiger partial charge in [0.25, 0.3) is 0 Å². The highest BCUT2D eigenvalue weighted by Gasteiger charge is 2.18. The van der Waals surface area contributed by atoms with Crippen LogP contribution < -0.4 is 11.1 Å². The number of nitrogens with two attached hydrogens (primary N) is 1. The van der Waals surface area contributed by atoms with Gasteiger partial charge in [-0.25, -0.2) is 4.68 Å². The van der Waals surface area contributed by atoms with E-state index in [4.69, 9.17) is 5.73 Å². The van der Waals surface area contributed by atoms with Crippen molar-refractivity contribution in [3.63, 3.8) is 0 Å². The van der Waals surface area contributed by atoms with Crippen molar-refractivity contribution >= 4 is 17.7 Å². The Morgan fingerprint density at radius 2 is 2.24 bits per heavy atom. The van der Waals surface area contributed by atoms with E-state index in [1.54, 1.807) is 4.68 Å². The number of aromatic nitrogens is 4. The molecule has 0 aromatic carbocycles. The lowest BCUT2D eigenvalue weighted by molar-refractivity contribution is -0.120. The van der Waals surface area contributed by atoms with Crippen LogP contribution in [-0.2, 0) is 11.3 Å². The minimum atomic E-state index is -0.236. The van der Waals surface area contributed by atoms with Gasteiger partial charge in [0.15, 0.2) is 0 Å². The number of nitrogens with one attached hydrogen (secondary N) is 1. The van der Waals surface area contributed by atoms with Crippen molar-refractivity contribution in [3.8, 4) is 0 Å². The van der Waals surface area contributed by atoms with Crippen LogP contribution >= 0.6 is 11.8 Å². The first-order valence-electron chi connectivity index (χ1n) is 5.48. The molecule has 96 valence electrons. The molecule has 0 aliphatic heterocycles. The molecule has 0 saturated heterocycles. The summed E-state index contributed by atoms with van der Waals surface area (Å²) in [6.07, 6.45) is 0. The molecule has 1 rings (SSSR count). The van der Waals surface area contributed by atoms with Crippen LogP contribution in [0.2, 0.25) is 0 Å². The van der Waals surface area contributed by atoms with Gasteiger partial charge in [0.05, 0.1) is 11.8 Å². The van der Waals surface area contributed by atoms with E-state index in [-0.39, 0.29) is 17.2 Å². The van der Waals surface area contributed by atoms with E-state index in [1.165, 1.54) is 11.8 Å². The Hall–Kier alpha value is -1.15. The average Bonchev–Trinajstić information content (AvgIpc) is 2.65. The Morgan fingerprint density at radius 3 is 2.82 bits per heavy atom. The molecular weight excluding hydrogens is 240 g/mol. The number of hydrogen-bond donors (Lipinski definition) is 2. The topological polar surface area (TPSA) is 98.7 Å². The van der Waals surface area contributed by atoms with Gasteiger partial charge in [-0.15, -0.1) is 5.10 Å². The van der Waals surface area contributed by atoms with Crippen molar-refractivity contribution in [1.29, 1.82) is 0 Å². The largest absolute Gasteiger partial charge is 0.353 e. The lowest BCUT2D eigenvalue weighted by Gasteiger charge is -2.13. The standard InChI is InChI=1S/C9H18N6OS/c1-6(2)11-8(16)7(3)17-9-12-13-14-15(9)5-4-10/h6-7H,4-5,10H2,1-3H3,(H,11,16). The summed E-state index contributed by atoms with van der Waals surface area (Å²) in [6.45, 7) is 6.68. The van der Waals surface area contributed by atoms with Gasteiger partial charge in [0, 0.05) is 12.6 Å². The normalized spacial score (nSPS) is 12.8. The van der Waals surface area contributed by atoms with Crippen LogP contribution in [0.1, 0.15) is 20.8 Å². The summed E-state index contributed by atoms with van der Waals surface area (Å²) in [5.74, 6) is -0.0210. The van der Waals surface area contributed by atoms with Gasteiger partial charge in [-0.1, -0.05) is 11.8 Å². The number of amides is 1. The van der Waals surface area contributed by atoms with Crippen molar-refractivity contribution < 1.29 is 4.79 Å². The molecule has 0 bridgehead atoms. The SMILES string of the molecule is CC(C)NC(=O)C(C)Sc1nnnn1CCN. The van der Waals surface area contributed by atoms with E-state index in [1.807, 2.05) is 20.8 Å². The van der Waals surface area contributed by atoms with Gasteiger partial charge in [-0.3, -0.25) is 4.79 Å². The summed E-state index contributed by atoms with van der Waals surface area (Å²) in [4.78, 5) is 11.7. The molecule has 1 atom stereocenters. The quantitative estimate of drug-likeness (QED) is 0.676. The van der Waals surface area contributed by atoms with Crippen molar-refractivity contribution in [2.75, 3.05) is 6.54 Å². The van der Waals surface area contributed by atoms with E-state index >= 15 is 0 Å². The molecule has 0 aliphatic rings. The first-order valence-corrected chi connectivity index (χ1v) is 6.35. The molecule has 1 unspecified atom stereocenters. The van der Waals surface area contributed by atoms with Gasteiger partial charge in [-0.2, -0.15) is 0 Å². The van der Waals surface area contributed by atoms with Crippen LogP contribution in [0.15, 0.2) is 5.16 Å². The zero-order chi connectivity index (χ0) is 12.8. The van der Waals surface area contributed by atoms with Gasteiger partial charge in [0.1, 0.15) is 0 Å². The molecule has 7 nitrogen and oxygen atoms in total. The summed E-state index contributed by atoms with van der Waals surface area (Å²) in [7, 11) is 0. The highest BCUT2D eigenvalue weighted by atomic mass is 32.2. The second-order valence-electron chi connectivity index (χ2n) is 3.90. The number of thioether (sulfide) groups is 1. The van der Waals surface area contributed by atoms with Crippen LogP contribution in [-0.4, -0.2) is 44.0 Å². The third-order valence-electron chi connectivity index (χ3n) is 1.92. The van der Waals surface area contributed by atoms with Crippen LogP contribution in [0.3, 0.4) is 0 Å². The molecule has 0 spiro atoms. The molecule has 17 heavy (non-hydrogen) atoms. The van der Waals surface area contributed by atoms with Crippen molar-refractivity contribution in [2.45, 2.75) is 43.8 Å². The highest BCUT2D eigenvalue weighted by Crippen LogP contribution is 2.19. The molecule has 0 aliphatic carbocycles. The highest BCUT2D eigenvalue weighted by molar-refractivity contribution is 8.00. The van der Waals surface area contributed by atoms with E-state index in [0.29, 0.717) is 18.2 Å². The third kappa shape index (κ3) is 4.31. The number of tetrazole rings is 1. The smallest absolute Gasteiger partial charge is 0.233 e. The molecule has 1 heterocycles. The Labute approximate surface area is 105 Å². The van der Waals surface area contributed by atoms with Crippen molar-refractivity contribution in [2.24, 2.45) is 5.73 Å². The number of hydrogen-bond acceptors (Lipinski definition) is 6. The fourth-order valence-corrected chi connectivity index (χ4v) is 1.98. The molecule has 1 amide bonds. The monoisotopic (exact) mass is 258 g/mol. The first-order chi connectivity index (χ1) is 8.04. The fourth-order valence-electron chi connectivity index (χ4n) is 1.16. The summed E-state index contributed by atoms with van der Waals surface area (Å²) < 4.78 is 1.60. The molecule has 0 saturated carbocycles. The minimum absolute atomic E-state index is 0.0210. The summed E-state index contributed by atoms with van der Waals surface area (Å²) in [5.41, 5.74) is 5.44. The molecule has 1 aromatic heterocycles.